The second kappa shape index (κ2) is 7.58. The van der Waals surface area contributed by atoms with Crippen LogP contribution >= 0.6 is 0 Å². The first-order chi connectivity index (χ1) is 15.4. The van der Waals surface area contributed by atoms with Crippen molar-refractivity contribution in [3.05, 3.63) is 12.2 Å². The van der Waals surface area contributed by atoms with Crippen LogP contribution in [0, 0.1) is 56.7 Å². The summed E-state index contributed by atoms with van der Waals surface area (Å²) in [5.41, 5.74) is 9.75. The molecule has 5 saturated carbocycles. The highest BCUT2D eigenvalue weighted by Crippen LogP contribution is 2.77. The number of nitrogens with two attached hydrogens (primary N) is 1. The van der Waals surface area contributed by atoms with Gasteiger partial charge in [0.15, 0.2) is 0 Å². The second-order valence-electron chi connectivity index (χ2n) is 14.7. The number of fused-ring (bicyclic) bond motifs is 7. The standard InChI is InChI=1S/C31H53NO/c1-8-31-16-11-21(20(2)3)26(31)22-9-10-24-27(4)14-13-25(32)28(5,19-33)23(27)12-15-30(24,7)29(22,6)17-18-31/h21-26,33H,2,8-19,32H2,1,3-7H3/t21-,22+,23+,24+,25?,26+,27-,28?,29+,30+,31+/m0/s1. The summed E-state index contributed by atoms with van der Waals surface area (Å²) in [5.74, 6) is 3.77. The number of hydrogen-bond donors (Lipinski definition) is 2. The molecule has 3 N–H and O–H groups in total. The van der Waals surface area contributed by atoms with Gasteiger partial charge >= 0.3 is 0 Å². The van der Waals surface area contributed by atoms with E-state index in [1.165, 1.54) is 69.8 Å². The van der Waals surface area contributed by atoms with E-state index in [1.807, 2.05) is 0 Å². The fourth-order valence-corrected chi connectivity index (χ4v) is 12.0. The van der Waals surface area contributed by atoms with Crippen molar-refractivity contribution < 1.29 is 5.11 Å². The largest absolute Gasteiger partial charge is 0.396 e. The van der Waals surface area contributed by atoms with Crippen molar-refractivity contribution in [3.8, 4) is 0 Å². The summed E-state index contributed by atoms with van der Waals surface area (Å²) in [6.45, 7) is 20.0. The number of aliphatic hydroxyl groups excluding tert-OH is 1. The molecule has 0 aromatic heterocycles. The first kappa shape index (κ1) is 24.4. The molecule has 0 heterocycles. The van der Waals surface area contributed by atoms with Gasteiger partial charge in [-0.1, -0.05) is 53.2 Å². The zero-order valence-electron chi connectivity index (χ0n) is 22.7. The second-order valence-corrected chi connectivity index (χ2v) is 14.7. The number of rotatable bonds is 3. The van der Waals surface area contributed by atoms with Crippen LogP contribution in [0.1, 0.15) is 112 Å². The first-order valence-corrected chi connectivity index (χ1v) is 14.5. The number of hydrogen-bond acceptors (Lipinski definition) is 2. The van der Waals surface area contributed by atoms with E-state index in [-0.39, 0.29) is 18.1 Å². The summed E-state index contributed by atoms with van der Waals surface area (Å²) in [7, 11) is 0. The summed E-state index contributed by atoms with van der Waals surface area (Å²) >= 11 is 0. The highest BCUT2D eigenvalue weighted by molar-refractivity contribution is 5.21. The fraction of sp³-hybridized carbons (Fsp3) is 0.935. The van der Waals surface area contributed by atoms with E-state index >= 15 is 0 Å². The normalized spacial score (nSPS) is 58.1. The highest BCUT2D eigenvalue weighted by atomic mass is 16.3. The summed E-state index contributed by atoms with van der Waals surface area (Å²) in [4.78, 5) is 0. The van der Waals surface area contributed by atoms with Crippen LogP contribution in [0.2, 0.25) is 0 Å². The summed E-state index contributed by atoms with van der Waals surface area (Å²) in [6.07, 6.45) is 14.8. The predicted octanol–water partition coefficient (Wildman–Crippen LogP) is 7.35. The smallest absolute Gasteiger partial charge is 0.0502 e. The molecule has 0 aromatic carbocycles. The molecule has 33 heavy (non-hydrogen) atoms. The van der Waals surface area contributed by atoms with Crippen molar-refractivity contribution in [2.24, 2.45) is 62.4 Å². The Kier molecular flexibility index (Phi) is 5.60. The maximum atomic E-state index is 10.5. The molecular weight excluding hydrogens is 402 g/mol. The quantitative estimate of drug-likeness (QED) is 0.437. The van der Waals surface area contributed by atoms with E-state index < -0.39 is 0 Å². The van der Waals surface area contributed by atoms with Crippen molar-refractivity contribution in [2.45, 2.75) is 118 Å². The Balaban J connectivity index is 1.55. The monoisotopic (exact) mass is 455 g/mol. The van der Waals surface area contributed by atoms with Crippen LogP contribution in [0.5, 0.6) is 0 Å². The maximum Gasteiger partial charge on any atom is 0.0502 e. The molecule has 2 heteroatoms. The molecule has 2 unspecified atom stereocenters. The first-order valence-electron chi connectivity index (χ1n) is 14.5. The van der Waals surface area contributed by atoms with Gasteiger partial charge in [-0.15, -0.1) is 0 Å². The molecule has 0 aliphatic heterocycles. The third kappa shape index (κ3) is 2.86. The van der Waals surface area contributed by atoms with Gasteiger partial charge in [-0.2, -0.15) is 0 Å². The van der Waals surface area contributed by atoms with Gasteiger partial charge in [0, 0.05) is 11.5 Å². The van der Waals surface area contributed by atoms with Gasteiger partial charge in [0.05, 0.1) is 6.61 Å². The van der Waals surface area contributed by atoms with Crippen molar-refractivity contribution >= 4 is 0 Å². The van der Waals surface area contributed by atoms with E-state index in [4.69, 9.17) is 5.73 Å². The molecular formula is C31H53NO. The van der Waals surface area contributed by atoms with Crippen molar-refractivity contribution in [3.63, 3.8) is 0 Å². The Morgan fingerprint density at radius 1 is 0.879 bits per heavy atom. The maximum absolute atomic E-state index is 10.5. The predicted molar refractivity (Wildman–Crippen MR) is 139 cm³/mol. The molecule has 5 aliphatic carbocycles. The van der Waals surface area contributed by atoms with Gasteiger partial charge in [-0.25, -0.2) is 0 Å². The average Bonchev–Trinajstić information content (AvgIpc) is 3.17. The van der Waals surface area contributed by atoms with Gasteiger partial charge in [0.1, 0.15) is 0 Å². The zero-order chi connectivity index (χ0) is 24.0. The SMILES string of the molecule is C=C(C)[C@@H]1CC[C@]2(CC)CC[C@]3(C)[C@H](CC[C@@H]4[C@@]5(C)CCC(N)C(C)(CO)[C@@H]5CC[C@]43C)[C@@H]12. The van der Waals surface area contributed by atoms with Crippen LogP contribution in [0.25, 0.3) is 0 Å². The number of allylic oxidation sites excluding steroid dienone is 1. The third-order valence-electron chi connectivity index (χ3n) is 14.2. The van der Waals surface area contributed by atoms with Crippen molar-refractivity contribution in [2.75, 3.05) is 6.61 Å². The van der Waals surface area contributed by atoms with Crippen LogP contribution in [0.3, 0.4) is 0 Å². The average molecular weight is 456 g/mol. The van der Waals surface area contributed by atoms with Crippen LogP contribution in [-0.4, -0.2) is 17.8 Å². The van der Waals surface area contributed by atoms with Gasteiger partial charge in [0.2, 0.25) is 0 Å². The van der Waals surface area contributed by atoms with Crippen molar-refractivity contribution in [1.29, 1.82) is 0 Å². The summed E-state index contributed by atoms with van der Waals surface area (Å²) in [6, 6.07) is 0.145. The molecule has 188 valence electrons. The van der Waals surface area contributed by atoms with Gasteiger partial charge in [-0.05, 0) is 122 Å². The Labute approximate surface area is 204 Å². The van der Waals surface area contributed by atoms with Gasteiger partial charge < -0.3 is 10.8 Å². The van der Waals surface area contributed by atoms with Gasteiger partial charge in [-0.3, -0.25) is 0 Å². The zero-order valence-corrected chi connectivity index (χ0v) is 22.7. The molecule has 0 saturated heterocycles. The van der Waals surface area contributed by atoms with E-state index in [0.717, 1.165) is 30.1 Å². The molecule has 0 aromatic rings. The van der Waals surface area contributed by atoms with E-state index in [1.54, 1.807) is 0 Å². The summed E-state index contributed by atoms with van der Waals surface area (Å²) < 4.78 is 0. The minimum atomic E-state index is -0.119. The molecule has 0 bridgehead atoms. The molecule has 0 radical (unpaired) electrons. The lowest BCUT2D eigenvalue weighted by molar-refractivity contribution is -0.242. The molecule has 5 aliphatic rings. The Bertz CT molecular complexity index is 807. The Morgan fingerprint density at radius 3 is 2.24 bits per heavy atom. The van der Waals surface area contributed by atoms with Gasteiger partial charge in [0.25, 0.3) is 0 Å². The minimum Gasteiger partial charge on any atom is -0.396 e. The molecule has 2 nitrogen and oxygen atoms in total. The van der Waals surface area contributed by atoms with Crippen LogP contribution in [0.4, 0.5) is 0 Å². The highest BCUT2D eigenvalue weighted by Gasteiger charge is 2.70. The lowest BCUT2D eigenvalue weighted by Crippen LogP contribution is -2.68. The van der Waals surface area contributed by atoms with E-state index in [9.17, 15) is 5.11 Å². The Morgan fingerprint density at radius 2 is 1.61 bits per heavy atom. The van der Waals surface area contributed by atoms with E-state index in [2.05, 4.69) is 48.1 Å². The summed E-state index contributed by atoms with van der Waals surface area (Å²) in [5, 5.41) is 10.5. The van der Waals surface area contributed by atoms with Crippen LogP contribution in [0.15, 0.2) is 12.2 Å². The third-order valence-corrected chi connectivity index (χ3v) is 14.2. The molecule has 5 fully saturated rings. The number of aliphatic hydroxyl groups is 1. The molecule has 5 rings (SSSR count). The lowest BCUT2D eigenvalue weighted by Gasteiger charge is -2.73. The molecule has 0 amide bonds. The van der Waals surface area contributed by atoms with Crippen LogP contribution < -0.4 is 5.73 Å². The lowest BCUT2D eigenvalue weighted by atomic mass is 9.32. The van der Waals surface area contributed by atoms with Crippen LogP contribution in [-0.2, 0) is 0 Å². The minimum absolute atomic E-state index is 0.119. The van der Waals surface area contributed by atoms with E-state index in [0.29, 0.717) is 27.6 Å². The Hall–Kier alpha value is -0.340. The molecule has 0 spiro atoms. The molecule has 11 atom stereocenters. The fourth-order valence-electron chi connectivity index (χ4n) is 12.0. The topological polar surface area (TPSA) is 46.2 Å². The van der Waals surface area contributed by atoms with Crippen molar-refractivity contribution in [1.82, 2.24) is 0 Å².